The highest BCUT2D eigenvalue weighted by Gasteiger charge is 2.14. The molecule has 2 aromatic rings. The normalized spacial score (nSPS) is 11.0. The van der Waals surface area contributed by atoms with Gasteiger partial charge in [0.05, 0.1) is 34.0 Å². The van der Waals surface area contributed by atoms with E-state index in [-0.39, 0.29) is 5.57 Å². The van der Waals surface area contributed by atoms with E-state index in [9.17, 15) is 9.90 Å². The van der Waals surface area contributed by atoms with Crippen molar-refractivity contribution in [3.8, 4) is 23.0 Å². The van der Waals surface area contributed by atoms with Crippen LogP contribution in [-0.2, 0) is 4.79 Å². The summed E-state index contributed by atoms with van der Waals surface area (Å²) in [4.78, 5) is 11.7. The predicted octanol–water partition coefficient (Wildman–Crippen LogP) is 3.35. The lowest BCUT2D eigenvalue weighted by atomic mass is 10.0. The first kappa shape index (κ1) is 18.2. The fourth-order valence-electron chi connectivity index (χ4n) is 2.38. The summed E-state index contributed by atoms with van der Waals surface area (Å²) in [5.74, 6) is 1.03. The largest absolute Gasteiger partial charge is 0.493 e. The highest BCUT2D eigenvalue weighted by Crippen LogP contribution is 2.33. The SMILES string of the molecule is COc1ccc(/C=C(/C(=O)O)c2ccc(OC)c(OC)c2)cc1OC. The third-order valence-electron chi connectivity index (χ3n) is 3.64. The van der Waals surface area contributed by atoms with Gasteiger partial charge in [0.25, 0.3) is 0 Å². The van der Waals surface area contributed by atoms with E-state index in [1.165, 1.54) is 21.3 Å². The Kier molecular flexibility index (Phi) is 5.89. The van der Waals surface area contributed by atoms with Crippen LogP contribution in [0.2, 0.25) is 0 Å². The fourth-order valence-corrected chi connectivity index (χ4v) is 2.38. The molecule has 0 atom stereocenters. The molecule has 2 rings (SSSR count). The van der Waals surface area contributed by atoms with Crippen molar-refractivity contribution in [2.45, 2.75) is 0 Å². The lowest BCUT2D eigenvalue weighted by Gasteiger charge is -2.11. The van der Waals surface area contributed by atoms with Crippen molar-refractivity contribution in [1.29, 1.82) is 0 Å². The van der Waals surface area contributed by atoms with Gasteiger partial charge in [-0.2, -0.15) is 0 Å². The van der Waals surface area contributed by atoms with Crippen molar-refractivity contribution in [3.05, 3.63) is 47.5 Å². The lowest BCUT2D eigenvalue weighted by molar-refractivity contribution is -0.130. The maximum Gasteiger partial charge on any atom is 0.336 e. The van der Waals surface area contributed by atoms with Gasteiger partial charge in [-0.3, -0.25) is 0 Å². The van der Waals surface area contributed by atoms with Crippen molar-refractivity contribution < 1.29 is 28.8 Å². The number of carboxylic acid groups (broad SMARTS) is 1. The summed E-state index contributed by atoms with van der Waals surface area (Å²) in [5, 5.41) is 9.61. The summed E-state index contributed by atoms with van der Waals surface area (Å²) < 4.78 is 20.9. The Hall–Kier alpha value is -3.15. The number of benzene rings is 2. The van der Waals surface area contributed by atoms with E-state index < -0.39 is 5.97 Å². The lowest BCUT2D eigenvalue weighted by Crippen LogP contribution is -2.01. The third-order valence-corrected chi connectivity index (χ3v) is 3.64. The molecule has 0 amide bonds. The molecule has 0 aliphatic carbocycles. The summed E-state index contributed by atoms with van der Waals surface area (Å²) >= 11 is 0. The number of carboxylic acids is 1. The van der Waals surface area contributed by atoms with Crippen LogP contribution in [0.3, 0.4) is 0 Å². The molecule has 1 N–H and O–H groups in total. The first-order chi connectivity index (χ1) is 12.0. The first-order valence-corrected chi connectivity index (χ1v) is 7.43. The molecule has 0 fully saturated rings. The molecule has 0 aromatic heterocycles. The smallest absolute Gasteiger partial charge is 0.336 e. The third kappa shape index (κ3) is 4.03. The van der Waals surface area contributed by atoms with Gasteiger partial charge in [-0.25, -0.2) is 4.79 Å². The van der Waals surface area contributed by atoms with Gasteiger partial charge in [-0.05, 0) is 41.5 Å². The Morgan fingerprint density at radius 1 is 0.800 bits per heavy atom. The fraction of sp³-hybridized carbons (Fsp3) is 0.211. The van der Waals surface area contributed by atoms with Crippen LogP contribution in [0, 0.1) is 0 Å². The Morgan fingerprint density at radius 2 is 1.32 bits per heavy atom. The van der Waals surface area contributed by atoms with Crippen LogP contribution in [0.5, 0.6) is 23.0 Å². The number of rotatable bonds is 7. The quantitative estimate of drug-likeness (QED) is 0.613. The van der Waals surface area contributed by atoms with Gasteiger partial charge in [0, 0.05) is 0 Å². The molecule has 0 heterocycles. The molecule has 6 heteroatoms. The Bertz CT molecular complexity index is 794. The summed E-state index contributed by atoms with van der Waals surface area (Å²) in [7, 11) is 6.09. The maximum absolute atomic E-state index is 11.7. The van der Waals surface area contributed by atoms with Gasteiger partial charge in [-0.1, -0.05) is 12.1 Å². The summed E-state index contributed by atoms with van der Waals surface area (Å²) in [5.41, 5.74) is 1.29. The maximum atomic E-state index is 11.7. The topological polar surface area (TPSA) is 74.2 Å². The van der Waals surface area contributed by atoms with Crippen LogP contribution in [0.15, 0.2) is 36.4 Å². The van der Waals surface area contributed by atoms with Crippen LogP contribution < -0.4 is 18.9 Å². The average Bonchev–Trinajstić information content (AvgIpc) is 2.64. The molecule has 6 nitrogen and oxygen atoms in total. The van der Waals surface area contributed by atoms with Crippen LogP contribution in [0.1, 0.15) is 11.1 Å². The van der Waals surface area contributed by atoms with E-state index in [0.29, 0.717) is 34.1 Å². The second-order valence-corrected chi connectivity index (χ2v) is 5.05. The minimum Gasteiger partial charge on any atom is -0.493 e. The van der Waals surface area contributed by atoms with Gasteiger partial charge in [0.1, 0.15) is 0 Å². The van der Waals surface area contributed by atoms with E-state index in [0.717, 1.165) is 0 Å². The standard InChI is InChI=1S/C19H20O6/c1-22-15-7-5-12(10-17(15)24-3)9-14(19(20)21)13-6-8-16(23-2)18(11-13)25-4/h5-11H,1-4H3,(H,20,21)/b14-9+. The number of carbonyl (C=O) groups is 1. The van der Waals surface area contributed by atoms with E-state index in [1.807, 2.05) is 0 Å². The molecule has 0 aliphatic rings. The number of aliphatic carboxylic acids is 1. The molecular weight excluding hydrogens is 324 g/mol. The summed E-state index contributed by atoms with van der Waals surface area (Å²) in [6, 6.07) is 10.1. The van der Waals surface area contributed by atoms with Crippen LogP contribution >= 0.6 is 0 Å². The van der Waals surface area contributed by atoms with Crippen molar-refractivity contribution in [3.63, 3.8) is 0 Å². The zero-order chi connectivity index (χ0) is 18.4. The monoisotopic (exact) mass is 344 g/mol. The van der Waals surface area contributed by atoms with E-state index in [2.05, 4.69) is 0 Å². The molecule has 0 saturated carbocycles. The molecular formula is C19H20O6. The molecule has 2 aromatic carbocycles. The van der Waals surface area contributed by atoms with Crippen LogP contribution in [-0.4, -0.2) is 39.5 Å². The highest BCUT2D eigenvalue weighted by atomic mass is 16.5. The second kappa shape index (κ2) is 8.10. The highest BCUT2D eigenvalue weighted by molar-refractivity contribution is 6.20. The summed E-state index contributed by atoms with van der Waals surface area (Å²) in [6.07, 6.45) is 1.56. The van der Waals surface area contributed by atoms with Crippen molar-refractivity contribution in [2.75, 3.05) is 28.4 Å². The zero-order valence-electron chi connectivity index (χ0n) is 14.5. The minimum absolute atomic E-state index is 0.119. The number of methoxy groups -OCH3 is 4. The second-order valence-electron chi connectivity index (χ2n) is 5.05. The number of hydrogen-bond acceptors (Lipinski definition) is 5. The van der Waals surface area contributed by atoms with Gasteiger partial charge in [0.15, 0.2) is 23.0 Å². The molecule has 0 saturated heterocycles. The number of ether oxygens (including phenoxy) is 4. The predicted molar refractivity (Wildman–Crippen MR) is 94.6 cm³/mol. The average molecular weight is 344 g/mol. The van der Waals surface area contributed by atoms with Gasteiger partial charge in [-0.15, -0.1) is 0 Å². The van der Waals surface area contributed by atoms with Crippen molar-refractivity contribution in [1.82, 2.24) is 0 Å². The Balaban J connectivity index is 2.51. The van der Waals surface area contributed by atoms with Gasteiger partial charge in [0.2, 0.25) is 0 Å². The van der Waals surface area contributed by atoms with Crippen LogP contribution in [0.25, 0.3) is 11.6 Å². The van der Waals surface area contributed by atoms with E-state index in [1.54, 1.807) is 49.6 Å². The molecule has 0 aliphatic heterocycles. The molecule has 25 heavy (non-hydrogen) atoms. The molecule has 0 unspecified atom stereocenters. The van der Waals surface area contributed by atoms with Crippen molar-refractivity contribution in [2.24, 2.45) is 0 Å². The summed E-state index contributed by atoms with van der Waals surface area (Å²) in [6.45, 7) is 0. The molecule has 132 valence electrons. The zero-order valence-corrected chi connectivity index (χ0v) is 14.5. The molecule has 0 radical (unpaired) electrons. The van der Waals surface area contributed by atoms with E-state index >= 15 is 0 Å². The minimum atomic E-state index is -1.05. The number of hydrogen-bond donors (Lipinski definition) is 1. The van der Waals surface area contributed by atoms with Gasteiger partial charge < -0.3 is 24.1 Å². The van der Waals surface area contributed by atoms with Crippen LogP contribution in [0.4, 0.5) is 0 Å². The van der Waals surface area contributed by atoms with E-state index in [4.69, 9.17) is 18.9 Å². The van der Waals surface area contributed by atoms with Gasteiger partial charge >= 0.3 is 5.97 Å². The Morgan fingerprint density at radius 3 is 1.84 bits per heavy atom. The van der Waals surface area contributed by atoms with Crippen molar-refractivity contribution >= 4 is 17.6 Å². The first-order valence-electron chi connectivity index (χ1n) is 7.43. The molecule has 0 bridgehead atoms. The Labute approximate surface area is 146 Å². The molecule has 0 spiro atoms.